The highest BCUT2D eigenvalue weighted by molar-refractivity contribution is 14.1. The largest absolute Gasteiger partial charge is 0.496 e. The minimum absolute atomic E-state index is 0.146. The number of aromatic nitrogens is 1. The second-order valence-electron chi connectivity index (χ2n) is 6.98. The van der Waals surface area contributed by atoms with Crippen molar-refractivity contribution in [3.63, 3.8) is 0 Å². The van der Waals surface area contributed by atoms with Crippen molar-refractivity contribution < 1.29 is 14.6 Å². The van der Waals surface area contributed by atoms with Gasteiger partial charge in [-0.25, -0.2) is 4.79 Å². The molecule has 0 aliphatic heterocycles. The highest BCUT2D eigenvalue weighted by atomic mass is 127. The van der Waals surface area contributed by atoms with Crippen LogP contribution in [0.4, 0.5) is 10.5 Å². The molecule has 0 saturated heterocycles. The molecule has 3 rings (SSSR count). The van der Waals surface area contributed by atoms with Gasteiger partial charge in [0.15, 0.2) is 0 Å². The monoisotopic (exact) mass is 502 g/mol. The first-order chi connectivity index (χ1) is 13.8. The van der Waals surface area contributed by atoms with Gasteiger partial charge in [-0.3, -0.25) is 9.88 Å². The Kier molecular flexibility index (Phi) is 6.42. The predicted molar refractivity (Wildman–Crippen MR) is 124 cm³/mol. The Morgan fingerprint density at radius 3 is 2.41 bits per heavy atom. The number of anilines is 1. The lowest BCUT2D eigenvalue weighted by molar-refractivity contribution is 0.201. The lowest BCUT2D eigenvalue weighted by Crippen LogP contribution is -2.29. The van der Waals surface area contributed by atoms with E-state index < -0.39 is 6.09 Å². The molecule has 0 fully saturated rings. The van der Waals surface area contributed by atoms with Crippen LogP contribution in [0.5, 0.6) is 5.75 Å². The highest BCUT2D eigenvalue weighted by Gasteiger charge is 2.20. The van der Waals surface area contributed by atoms with Gasteiger partial charge in [-0.05, 0) is 84.3 Å². The quantitative estimate of drug-likeness (QED) is 0.437. The van der Waals surface area contributed by atoms with E-state index in [1.807, 2.05) is 57.2 Å². The zero-order valence-corrected chi connectivity index (χ0v) is 19.0. The molecule has 0 aliphatic carbocycles. The van der Waals surface area contributed by atoms with E-state index in [9.17, 15) is 9.90 Å². The van der Waals surface area contributed by atoms with Crippen LogP contribution in [0.1, 0.15) is 22.4 Å². The second kappa shape index (κ2) is 8.82. The molecule has 1 amide bonds. The molecule has 29 heavy (non-hydrogen) atoms. The number of ether oxygens (including phenoxy) is 1. The standard InChI is InChI=1S/C23H23IN2O3/c1-14-9-18(17-5-7-19(24)8-6-17)11-20(10-14)26(23(27)28)13-21-16(3)22(29-4)15(2)12-25-21/h5-12H,13H2,1-4H3,(H,27,28). The molecule has 0 unspecified atom stereocenters. The van der Waals surface area contributed by atoms with Crippen LogP contribution >= 0.6 is 22.6 Å². The summed E-state index contributed by atoms with van der Waals surface area (Å²) in [6.07, 6.45) is 0.693. The lowest BCUT2D eigenvalue weighted by atomic mass is 10.0. The zero-order chi connectivity index (χ0) is 21.1. The number of carbonyl (C=O) groups is 1. The number of benzene rings is 2. The minimum atomic E-state index is -1.02. The molecule has 1 heterocycles. The molecule has 0 atom stereocenters. The number of amides is 1. The molecule has 0 spiro atoms. The number of aryl methyl sites for hydroxylation is 2. The Labute approximate surface area is 184 Å². The summed E-state index contributed by atoms with van der Waals surface area (Å²) in [7, 11) is 1.61. The maximum Gasteiger partial charge on any atom is 0.412 e. The minimum Gasteiger partial charge on any atom is -0.496 e. The topological polar surface area (TPSA) is 62.7 Å². The van der Waals surface area contributed by atoms with Crippen LogP contribution in [-0.4, -0.2) is 23.3 Å². The van der Waals surface area contributed by atoms with E-state index in [4.69, 9.17) is 4.74 Å². The molecule has 0 radical (unpaired) electrons. The van der Waals surface area contributed by atoms with Gasteiger partial charge in [0.2, 0.25) is 0 Å². The van der Waals surface area contributed by atoms with Crippen LogP contribution in [0.25, 0.3) is 11.1 Å². The summed E-state index contributed by atoms with van der Waals surface area (Å²) in [4.78, 5) is 17.9. The number of halogens is 1. The first-order valence-corrected chi connectivity index (χ1v) is 10.2. The van der Waals surface area contributed by atoms with Gasteiger partial charge >= 0.3 is 6.09 Å². The van der Waals surface area contributed by atoms with Crippen LogP contribution in [0.3, 0.4) is 0 Å². The SMILES string of the molecule is COc1c(C)cnc(CN(C(=O)O)c2cc(C)cc(-c3ccc(I)cc3)c2)c1C. The summed E-state index contributed by atoms with van der Waals surface area (Å²) < 4.78 is 6.62. The van der Waals surface area contributed by atoms with Crippen LogP contribution < -0.4 is 9.64 Å². The number of hydrogen-bond acceptors (Lipinski definition) is 3. The van der Waals surface area contributed by atoms with E-state index in [-0.39, 0.29) is 6.54 Å². The molecular weight excluding hydrogens is 479 g/mol. The van der Waals surface area contributed by atoms with Crippen LogP contribution in [0.15, 0.2) is 48.7 Å². The Hall–Kier alpha value is -2.61. The molecule has 150 valence electrons. The summed E-state index contributed by atoms with van der Waals surface area (Å²) in [6.45, 7) is 5.94. The summed E-state index contributed by atoms with van der Waals surface area (Å²) in [6, 6.07) is 14.0. The highest BCUT2D eigenvalue weighted by Crippen LogP contribution is 2.30. The third kappa shape index (κ3) is 4.70. The molecule has 6 heteroatoms. The van der Waals surface area contributed by atoms with Crippen LogP contribution in [0.2, 0.25) is 0 Å². The molecule has 0 saturated carbocycles. The Morgan fingerprint density at radius 1 is 1.10 bits per heavy atom. The second-order valence-corrected chi connectivity index (χ2v) is 8.22. The van der Waals surface area contributed by atoms with Crippen LogP contribution in [0, 0.1) is 24.3 Å². The molecule has 1 aromatic heterocycles. The third-order valence-electron chi connectivity index (χ3n) is 4.84. The van der Waals surface area contributed by atoms with E-state index in [0.717, 1.165) is 37.1 Å². The fourth-order valence-corrected chi connectivity index (χ4v) is 3.74. The van der Waals surface area contributed by atoms with E-state index in [0.29, 0.717) is 11.4 Å². The maximum absolute atomic E-state index is 12.1. The van der Waals surface area contributed by atoms with Gasteiger partial charge in [0.05, 0.1) is 19.3 Å². The fraction of sp³-hybridized carbons (Fsp3) is 0.217. The van der Waals surface area contributed by atoms with Gasteiger partial charge in [0.1, 0.15) is 5.75 Å². The maximum atomic E-state index is 12.1. The summed E-state index contributed by atoms with van der Waals surface area (Å²) in [5, 5.41) is 9.91. The number of nitrogens with zero attached hydrogens (tertiary/aromatic N) is 2. The lowest BCUT2D eigenvalue weighted by Gasteiger charge is -2.22. The van der Waals surface area contributed by atoms with Gasteiger partial charge in [0.25, 0.3) is 0 Å². The van der Waals surface area contributed by atoms with Crippen molar-refractivity contribution in [2.24, 2.45) is 0 Å². The Morgan fingerprint density at radius 2 is 1.79 bits per heavy atom. The van der Waals surface area contributed by atoms with Crippen molar-refractivity contribution in [3.8, 4) is 16.9 Å². The fourth-order valence-electron chi connectivity index (χ4n) is 3.38. The predicted octanol–water partition coefficient (Wildman–Crippen LogP) is 5.97. The van der Waals surface area contributed by atoms with E-state index in [1.165, 1.54) is 4.90 Å². The van der Waals surface area contributed by atoms with Crippen molar-refractivity contribution >= 4 is 34.4 Å². The summed E-state index contributed by atoms with van der Waals surface area (Å²) >= 11 is 2.27. The van der Waals surface area contributed by atoms with Crippen molar-refractivity contribution in [2.45, 2.75) is 27.3 Å². The van der Waals surface area contributed by atoms with E-state index in [1.54, 1.807) is 13.3 Å². The zero-order valence-electron chi connectivity index (χ0n) is 16.9. The summed E-state index contributed by atoms with van der Waals surface area (Å²) in [5.74, 6) is 0.740. The van der Waals surface area contributed by atoms with E-state index >= 15 is 0 Å². The first-order valence-electron chi connectivity index (χ1n) is 9.17. The molecule has 5 nitrogen and oxygen atoms in total. The summed E-state index contributed by atoms with van der Waals surface area (Å²) in [5.41, 5.74) is 6.09. The normalized spacial score (nSPS) is 10.7. The average molecular weight is 502 g/mol. The number of rotatable bonds is 5. The number of hydrogen-bond donors (Lipinski definition) is 1. The number of carboxylic acid groups (broad SMARTS) is 1. The molecule has 3 aromatic rings. The number of methoxy groups -OCH3 is 1. The van der Waals surface area contributed by atoms with Crippen molar-refractivity contribution in [1.82, 2.24) is 4.98 Å². The number of pyridine rings is 1. The Balaban J connectivity index is 2.02. The molecule has 0 aliphatic rings. The van der Waals surface area contributed by atoms with Gasteiger partial charge in [-0.15, -0.1) is 0 Å². The van der Waals surface area contributed by atoms with Gasteiger partial charge in [0, 0.05) is 26.6 Å². The molecular formula is C23H23IN2O3. The third-order valence-corrected chi connectivity index (χ3v) is 5.56. The van der Waals surface area contributed by atoms with E-state index in [2.05, 4.69) is 33.6 Å². The van der Waals surface area contributed by atoms with Gasteiger partial charge < -0.3 is 9.84 Å². The molecule has 0 bridgehead atoms. The Bertz CT molecular complexity index is 1050. The average Bonchev–Trinajstić information content (AvgIpc) is 2.67. The van der Waals surface area contributed by atoms with Crippen molar-refractivity contribution in [1.29, 1.82) is 0 Å². The first kappa shape index (κ1) is 21.1. The van der Waals surface area contributed by atoms with Crippen LogP contribution in [-0.2, 0) is 6.54 Å². The van der Waals surface area contributed by atoms with Gasteiger partial charge in [-0.2, -0.15) is 0 Å². The van der Waals surface area contributed by atoms with Crippen molar-refractivity contribution in [3.05, 3.63) is 74.6 Å². The smallest absolute Gasteiger partial charge is 0.412 e. The molecule has 2 aromatic carbocycles. The molecule has 1 N–H and O–H groups in total. The van der Waals surface area contributed by atoms with Gasteiger partial charge in [-0.1, -0.05) is 18.2 Å². The van der Waals surface area contributed by atoms with Crippen molar-refractivity contribution in [2.75, 3.05) is 12.0 Å².